The fourth-order valence-corrected chi connectivity index (χ4v) is 3.80. The van der Waals surface area contributed by atoms with Crippen LogP contribution in [0.3, 0.4) is 0 Å². The normalized spacial score (nSPS) is 15.3. The summed E-state index contributed by atoms with van der Waals surface area (Å²) >= 11 is 0. The zero-order valence-corrected chi connectivity index (χ0v) is 20.9. The molecular weight excluding hydrogens is 460 g/mol. The highest BCUT2D eigenvalue weighted by atomic mass is 16.5. The van der Waals surface area contributed by atoms with Gasteiger partial charge in [0.1, 0.15) is 35.5 Å². The molecule has 0 saturated carbocycles. The Morgan fingerprint density at radius 1 is 1.28 bits per heavy atom. The maximum absolute atomic E-state index is 13.2. The molecule has 3 heterocycles. The van der Waals surface area contributed by atoms with Crippen LogP contribution in [0, 0.1) is 25.7 Å². The molecule has 0 radical (unpaired) electrons. The van der Waals surface area contributed by atoms with Crippen LogP contribution in [-0.4, -0.2) is 52.4 Å². The Kier molecular flexibility index (Phi) is 6.82. The molecule has 0 unspecified atom stereocenters. The molecule has 186 valence electrons. The number of amides is 2. The minimum absolute atomic E-state index is 0.0324. The van der Waals surface area contributed by atoms with Gasteiger partial charge in [0.25, 0.3) is 11.8 Å². The molecule has 4 rings (SSSR count). The summed E-state index contributed by atoms with van der Waals surface area (Å²) in [5.41, 5.74) is 2.84. The molecule has 1 aliphatic rings. The third kappa shape index (κ3) is 5.56. The minimum atomic E-state index is -1.14. The first kappa shape index (κ1) is 24.9. The third-order valence-corrected chi connectivity index (χ3v) is 5.79. The van der Waals surface area contributed by atoms with Gasteiger partial charge >= 0.3 is 0 Å². The Bertz CT molecular complexity index is 1360. The largest absolute Gasteiger partial charge is 0.489 e. The van der Waals surface area contributed by atoms with E-state index in [9.17, 15) is 14.7 Å². The van der Waals surface area contributed by atoms with Gasteiger partial charge in [0.2, 0.25) is 0 Å². The van der Waals surface area contributed by atoms with Crippen molar-refractivity contribution in [1.82, 2.24) is 15.5 Å². The fraction of sp³-hybridized carbons (Fsp3) is 0.333. The van der Waals surface area contributed by atoms with Crippen molar-refractivity contribution in [3.8, 4) is 17.6 Å². The molecule has 1 aliphatic heterocycles. The Balaban J connectivity index is 1.49. The highest BCUT2D eigenvalue weighted by molar-refractivity contribution is 6.03. The second kappa shape index (κ2) is 9.84. The topological polar surface area (TPSA) is 118 Å². The number of aryl methyl sites for hydroxylation is 2. The van der Waals surface area contributed by atoms with E-state index >= 15 is 0 Å². The van der Waals surface area contributed by atoms with Gasteiger partial charge in [-0.05, 0) is 63.6 Å². The standard InChI is InChI=1S/C27H28N4O5/c1-16-20(17(2)36-30-16)12-19-9-11-28-21(13-19)25(32)29-22-15-35-24-7-6-18(8-10-27(3,4)34)14-23(24)31(5)26(22)33/h6-7,9,11,13-14,22,34H,12,15H2,1-5H3,(H,29,32)/t22-/m0/s1. The Hall–Kier alpha value is -4.16. The lowest BCUT2D eigenvalue weighted by Crippen LogP contribution is -2.49. The van der Waals surface area contributed by atoms with Crippen molar-refractivity contribution in [1.29, 1.82) is 0 Å². The summed E-state index contributed by atoms with van der Waals surface area (Å²) < 4.78 is 11.1. The van der Waals surface area contributed by atoms with Gasteiger partial charge in [-0.1, -0.05) is 17.0 Å². The van der Waals surface area contributed by atoms with Gasteiger partial charge in [-0.3, -0.25) is 14.6 Å². The molecular formula is C27H28N4O5. The van der Waals surface area contributed by atoms with Crippen molar-refractivity contribution >= 4 is 17.5 Å². The number of benzene rings is 1. The fourth-order valence-electron chi connectivity index (χ4n) is 3.80. The molecule has 36 heavy (non-hydrogen) atoms. The number of carbonyl (C=O) groups excluding carboxylic acids is 2. The maximum atomic E-state index is 13.2. The summed E-state index contributed by atoms with van der Waals surface area (Å²) in [4.78, 5) is 31.8. The van der Waals surface area contributed by atoms with Gasteiger partial charge < -0.3 is 24.6 Å². The first-order valence-corrected chi connectivity index (χ1v) is 11.5. The second-order valence-corrected chi connectivity index (χ2v) is 9.25. The van der Waals surface area contributed by atoms with E-state index in [1.807, 2.05) is 19.9 Å². The number of rotatable bonds is 4. The van der Waals surface area contributed by atoms with Gasteiger partial charge in [0.05, 0.1) is 11.4 Å². The summed E-state index contributed by atoms with van der Waals surface area (Å²) in [5, 5.41) is 16.6. The summed E-state index contributed by atoms with van der Waals surface area (Å²) in [6.07, 6.45) is 2.11. The van der Waals surface area contributed by atoms with Gasteiger partial charge in [-0.25, -0.2) is 0 Å². The molecule has 2 aromatic heterocycles. The molecule has 3 aromatic rings. The SMILES string of the molecule is Cc1noc(C)c1Cc1ccnc(C(=O)N[C@H]2COc3ccc(C#CC(C)(C)O)cc3N(C)C2=O)c1. The van der Waals surface area contributed by atoms with E-state index in [0.29, 0.717) is 23.4 Å². The summed E-state index contributed by atoms with van der Waals surface area (Å²) in [6, 6.07) is 7.80. The number of likely N-dealkylation sites (N-methyl/N-ethyl adjacent to an activating group) is 1. The molecule has 0 saturated heterocycles. The smallest absolute Gasteiger partial charge is 0.270 e. The molecule has 9 heteroatoms. The van der Waals surface area contributed by atoms with Crippen LogP contribution in [-0.2, 0) is 11.2 Å². The number of ether oxygens (including phenoxy) is 1. The number of carbonyl (C=O) groups is 2. The van der Waals surface area contributed by atoms with Gasteiger partial charge in [-0.2, -0.15) is 0 Å². The van der Waals surface area contributed by atoms with Crippen molar-refractivity contribution in [2.45, 2.75) is 45.8 Å². The van der Waals surface area contributed by atoms with E-state index in [1.54, 1.807) is 51.4 Å². The summed E-state index contributed by atoms with van der Waals surface area (Å²) in [6.45, 7) is 6.87. The lowest BCUT2D eigenvalue weighted by molar-refractivity contribution is -0.120. The number of nitrogens with one attached hydrogen (secondary N) is 1. The minimum Gasteiger partial charge on any atom is -0.489 e. The van der Waals surface area contributed by atoms with E-state index in [-0.39, 0.29) is 18.2 Å². The molecule has 1 aromatic carbocycles. The number of aliphatic hydroxyl groups is 1. The second-order valence-electron chi connectivity index (χ2n) is 9.25. The molecule has 0 fully saturated rings. The van der Waals surface area contributed by atoms with Crippen LogP contribution in [0.15, 0.2) is 41.1 Å². The van der Waals surface area contributed by atoms with Crippen LogP contribution in [0.4, 0.5) is 5.69 Å². The predicted octanol–water partition coefficient (Wildman–Crippen LogP) is 2.55. The number of pyridine rings is 1. The zero-order chi connectivity index (χ0) is 26.0. The Labute approximate surface area is 209 Å². The lowest BCUT2D eigenvalue weighted by Gasteiger charge is -2.20. The average Bonchev–Trinajstić information content (AvgIpc) is 3.10. The van der Waals surface area contributed by atoms with E-state index in [2.05, 4.69) is 27.3 Å². The van der Waals surface area contributed by atoms with Crippen LogP contribution in [0.25, 0.3) is 0 Å². The monoisotopic (exact) mass is 488 g/mol. The molecule has 2 N–H and O–H groups in total. The number of hydrogen-bond acceptors (Lipinski definition) is 7. The Morgan fingerprint density at radius 3 is 2.75 bits per heavy atom. The first-order valence-electron chi connectivity index (χ1n) is 11.5. The summed E-state index contributed by atoms with van der Waals surface area (Å²) in [7, 11) is 1.62. The summed E-state index contributed by atoms with van der Waals surface area (Å²) in [5.74, 6) is 6.07. The molecule has 0 spiro atoms. The molecule has 9 nitrogen and oxygen atoms in total. The highest BCUT2D eigenvalue weighted by Crippen LogP contribution is 2.31. The van der Waals surface area contributed by atoms with Crippen molar-refractivity contribution < 1.29 is 24.0 Å². The number of hydrogen-bond donors (Lipinski definition) is 2. The third-order valence-electron chi connectivity index (χ3n) is 5.79. The van der Waals surface area contributed by atoms with E-state index in [0.717, 1.165) is 22.6 Å². The lowest BCUT2D eigenvalue weighted by atomic mass is 10.0. The van der Waals surface area contributed by atoms with E-state index < -0.39 is 17.6 Å². The molecule has 0 aliphatic carbocycles. The van der Waals surface area contributed by atoms with E-state index in [4.69, 9.17) is 9.26 Å². The molecule has 1 atom stereocenters. The van der Waals surface area contributed by atoms with Crippen molar-refractivity contribution in [2.24, 2.45) is 0 Å². The van der Waals surface area contributed by atoms with Crippen LogP contribution in [0.5, 0.6) is 5.75 Å². The molecule has 2 amide bonds. The number of nitrogens with zero attached hydrogens (tertiary/aromatic N) is 3. The van der Waals surface area contributed by atoms with Gasteiger partial charge in [-0.15, -0.1) is 0 Å². The van der Waals surface area contributed by atoms with Crippen LogP contribution >= 0.6 is 0 Å². The van der Waals surface area contributed by atoms with E-state index in [1.165, 1.54) is 4.90 Å². The number of aromatic nitrogens is 2. The zero-order valence-electron chi connectivity index (χ0n) is 20.9. The average molecular weight is 489 g/mol. The van der Waals surface area contributed by atoms with Crippen molar-refractivity contribution in [3.05, 3.63) is 70.4 Å². The van der Waals surface area contributed by atoms with Crippen molar-refractivity contribution in [3.63, 3.8) is 0 Å². The molecule has 0 bridgehead atoms. The Morgan fingerprint density at radius 2 is 2.06 bits per heavy atom. The van der Waals surface area contributed by atoms with Crippen LogP contribution < -0.4 is 15.0 Å². The quantitative estimate of drug-likeness (QED) is 0.542. The first-order chi connectivity index (χ1) is 17.0. The van der Waals surface area contributed by atoms with Crippen LogP contribution in [0.1, 0.15) is 52.5 Å². The number of fused-ring (bicyclic) bond motifs is 1. The predicted molar refractivity (Wildman–Crippen MR) is 133 cm³/mol. The van der Waals surface area contributed by atoms with Crippen molar-refractivity contribution in [2.75, 3.05) is 18.6 Å². The highest BCUT2D eigenvalue weighted by Gasteiger charge is 2.31. The maximum Gasteiger partial charge on any atom is 0.270 e. The van der Waals surface area contributed by atoms with Gasteiger partial charge in [0, 0.05) is 30.8 Å². The van der Waals surface area contributed by atoms with Gasteiger partial charge in [0.15, 0.2) is 0 Å². The van der Waals surface area contributed by atoms with Crippen LogP contribution in [0.2, 0.25) is 0 Å². The number of anilines is 1.